The molecule has 2 heterocycles. The molecule has 1 atom stereocenters. The van der Waals surface area contributed by atoms with Gasteiger partial charge in [-0.1, -0.05) is 0 Å². The van der Waals surface area contributed by atoms with Gasteiger partial charge in [0.15, 0.2) is 0 Å². The van der Waals surface area contributed by atoms with Crippen LogP contribution in [0.5, 0.6) is 0 Å². The van der Waals surface area contributed by atoms with Crippen LogP contribution in [0.3, 0.4) is 0 Å². The van der Waals surface area contributed by atoms with E-state index in [1.807, 2.05) is 0 Å². The van der Waals surface area contributed by atoms with Gasteiger partial charge in [0.1, 0.15) is 0 Å². The first-order valence-corrected chi connectivity index (χ1v) is 6.84. The highest BCUT2D eigenvalue weighted by atomic mass is 19.4. The van der Waals surface area contributed by atoms with E-state index in [1.54, 1.807) is 13.8 Å². The number of rotatable bonds is 2. The second-order valence-electron chi connectivity index (χ2n) is 6.18. The second-order valence-corrected chi connectivity index (χ2v) is 6.18. The Kier molecular flexibility index (Phi) is 3.93. The number of nitrogens with zero attached hydrogens (tertiary/aromatic N) is 1. The van der Waals surface area contributed by atoms with Crippen molar-refractivity contribution in [2.45, 2.75) is 44.8 Å². The highest BCUT2D eigenvalue weighted by molar-refractivity contribution is 4.99. The van der Waals surface area contributed by atoms with Gasteiger partial charge in [-0.25, -0.2) is 0 Å². The van der Waals surface area contributed by atoms with E-state index in [0.29, 0.717) is 12.5 Å². The van der Waals surface area contributed by atoms with Crippen LogP contribution in [0.15, 0.2) is 0 Å². The summed E-state index contributed by atoms with van der Waals surface area (Å²) in [6, 6.07) is 0. The molecule has 2 aliphatic heterocycles. The number of nitrogens with one attached hydrogen (secondary N) is 1. The van der Waals surface area contributed by atoms with E-state index in [1.165, 1.54) is 0 Å². The van der Waals surface area contributed by atoms with E-state index >= 15 is 0 Å². The molecule has 1 N–H and O–H groups in total. The summed E-state index contributed by atoms with van der Waals surface area (Å²) in [7, 11) is 0. The van der Waals surface area contributed by atoms with Crippen molar-refractivity contribution in [3.63, 3.8) is 0 Å². The molecule has 0 radical (unpaired) electrons. The quantitative estimate of drug-likeness (QED) is 0.825. The van der Waals surface area contributed by atoms with Crippen molar-refractivity contribution in [1.29, 1.82) is 0 Å². The predicted octanol–water partition coefficient (Wildman–Crippen LogP) is 2.65. The van der Waals surface area contributed by atoms with Crippen LogP contribution >= 0.6 is 0 Å². The first kappa shape index (κ1) is 14.1. The molecule has 18 heavy (non-hydrogen) atoms. The number of likely N-dealkylation sites (tertiary alicyclic amines) is 1. The molecule has 0 aromatic heterocycles. The maximum atomic E-state index is 13.0. The van der Waals surface area contributed by atoms with Gasteiger partial charge in [-0.05, 0) is 58.7 Å². The van der Waals surface area contributed by atoms with Crippen LogP contribution in [0.25, 0.3) is 0 Å². The zero-order valence-electron chi connectivity index (χ0n) is 11.2. The standard InChI is InChI=1S/C13H23F3N2/c1-12(2)11(13(14,15)16)5-8-18(12)9-10-3-6-17-7-4-10/h10-11,17H,3-9H2,1-2H3. The Morgan fingerprint density at radius 1 is 1.17 bits per heavy atom. The summed E-state index contributed by atoms with van der Waals surface area (Å²) in [5.41, 5.74) is -0.747. The molecule has 0 aliphatic carbocycles. The molecule has 2 nitrogen and oxygen atoms in total. The first-order valence-electron chi connectivity index (χ1n) is 6.84. The topological polar surface area (TPSA) is 15.3 Å². The SMILES string of the molecule is CC1(C)C(C(F)(F)F)CCN1CC1CCNCC1. The molecule has 2 rings (SSSR count). The smallest absolute Gasteiger partial charge is 0.317 e. The molecule has 0 aromatic carbocycles. The molecule has 106 valence electrons. The number of hydrogen-bond acceptors (Lipinski definition) is 2. The minimum absolute atomic E-state index is 0.251. The summed E-state index contributed by atoms with van der Waals surface area (Å²) in [5.74, 6) is -0.621. The molecular formula is C13H23F3N2. The van der Waals surface area contributed by atoms with Crippen LogP contribution in [0.1, 0.15) is 33.1 Å². The van der Waals surface area contributed by atoms with Crippen molar-refractivity contribution in [3.8, 4) is 0 Å². The summed E-state index contributed by atoms with van der Waals surface area (Å²) in [6.45, 7) is 6.91. The maximum Gasteiger partial charge on any atom is 0.393 e. The lowest BCUT2D eigenvalue weighted by Crippen LogP contribution is -2.49. The molecule has 2 aliphatic rings. The molecule has 0 amide bonds. The minimum Gasteiger partial charge on any atom is -0.317 e. The van der Waals surface area contributed by atoms with E-state index < -0.39 is 17.6 Å². The van der Waals surface area contributed by atoms with E-state index in [4.69, 9.17) is 0 Å². The van der Waals surface area contributed by atoms with Crippen LogP contribution in [-0.4, -0.2) is 42.8 Å². The Morgan fingerprint density at radius 2 is 1.78 bits per heavy atom. The fraction of sp³-hybridized carbons (Fsp3) is 1.00. The first-order chi connectivity index (χ1) is 8.32. The lowest BCUT2D eigenvalue weighted by Gasteiger charge is -2.39. The zero-order chi connectivity index (χ0) is 13.4. The van der Waals surface area contributed by atoms with Gasteiger partial charge < -0.3 is 5.32 Å². The van der Waals surface area contributed by atoms with Crippen molar-refractivity contribution in [3.05, 3.63) is 0 Å². The second kappa shape index (κ2) is 5.00. The Labute approximate surface area is 107 Å². The third kappa shape index (κ3) is 2.82. The van der Waals surface area contributed by atoms with Gasteiger partial charge in [-0.3, -0.25) is 4.90 Å². The Bertz CT molecular complexity index is 282. The van der Waals surface area contributed by atoms with Gasteiger partial charge in [-0.2, -0.15) is 13.2 Å². The Morgan fingerprint density at radius 3 is 2.28 bits per heavy atom. The largest absolute Gasteiger partial charge is 0.393 e. The van der Waals surface area contributed by atoms with Crippen LogP contribution in [0.2, 0.25) is 0 Å². The highest BCUT2D eigenvalue weighted by Crippen LogP contribution is 2.45. The van der Waals surface area contributed by atoms with Crippen molar-refractivity contribution < 1.29 is 13.2 Å². The van der Waals surface area contributed by atoms with Crippen LogP contribution in [0.4, 0.5) is 13.2 Å². The molecule has 1 unspecified atom stereocenters. The normalized spacial score (nSPS) is 30.8. The molecule has 0 bridgehead atoms. The van der Waals surface area contributed by atoms with Gasteiger partial charge in [0.25, 0.3) is 0 Å². The van der Waals surface area contributed by atoms with Crippen molar-refractivity contribution in [2.75, 3.05) is 26.2 Å². The minimum atomic E-state index is -4.06. The summed E-state index contributed by atoms with van der Waals surface area (Å²) in [5, 5.41) is 3.29. The van der Waals surface area contributed by atoms with Gasteiger partial charge in [0.05, 0.1) is 5.92 Å². The van der Waals surface area contributed by atoms with Crippen molar-refractivity contribution >= 4 is 0 Å². The average Bonchev–Trinajstić information content (AvgIpc) is 2.55. The summed E-state index contributed by atoms with van der Waals surface area (Å²) >= 11 is 0. The zero-order valence-corrected chi connectivity index (χ0v) is 11.2. The Balaban J connectivity index is 1.98. The molecule has 0 spiro atoms. The van der Waals surface area contributed by atoms with Gasteiger partial charge >= 0.3 is 6.18 Å². The van der Waals surface area contributed by atoms with E-state index in [0.717, 1.165) is 32.5 Å². The third-order valence-corrected chi connectivity index (χ3v) is 4.69. The molecule has 2 fully saturated rings. The number of halogens is 3. The van der Waals surface area contributed by atoms with Crippen LogP contribution < -0.4 is 5.32 Å². The van der Waals surface area contributed by atoms with Crippen LogP contribution in [-0.2, 0) is 0 Å². The third-order valence-electron chi connectivity index (χ3n) is 4.69. The van der Waals surface area contributed by atoms with Gasteiger partial charge in [0.2, 0.25) is 0 Å². The Hall–Kier alpha value is -0.290. The molecule has 0 aromatic rings. The fourth-order valence-electron chi connectivity index (χ4n) is 3.41. The van der Waals surface area contributed by atoms with Crippen molar-refractivity contribution in [2.24, 2.45) is 11.8 Å². The fourth-order valence-corrected chi connectivity index (χ4v) is 3.41. The predicted molar refractivity (Wildman–Crippen MR) is 65.4 cm³/mol. The number of alkyl halides is 3. The summed E-state index contributed by atoms with van der Waals surface area (Å²) in [4.78, 5) is 2.06. The summed E-state index contributed by atoms with van der Waals surface area (Å²) < 4.78 is 38.9. The average molecular weight is 264 g/mol. The number of piperidine rings is 1. The molecular weight excluding hydrogens is 241 g/mol. The number of hydrogen-bond donors (Lipinski definition) is 1. The maximum absolute atomic E-state index is 13.0. The lowest BCUT2D eigenvalue weighted by atomic mass is 9.87. The van der Waals surface area contributed by atoms with Gasteiger partial charge in [0, 0.05) is 12.1 Å². The van der Waals surface area contributed by atoms with E-state index in [-0.39, 0.29) is 6.42 Å². The lowest BCUT2D eigenvalue weighted by molar-refractivity contribution is -0.192. The van der Waals surface area contributed by atoms with E-state index in [2.05, 4.69) is 10.2 Å². The monoisotopic (exact) mass is 264 g/mol. The highest BCUT2D eigenvalue weighted by Gasteiger charge is 2.54. The molecule has 2 saturated heterocycles. The molecule has 5 heteroatoms. The van der Waals surface area contributed by atoms with E-state index in [9.17, 15) is 13.2 Å². The van der Waals surface area contributed by atoms with Crippen LogP contribution in [0, 0.1) is 11.8 Å². The summed E-state index contributed by atoms with van der Waals surface area (Å²) in [6.07, 6.45) is -1.64. The van der Waals surface area contributed by atoms with Gasteiger partial charge in [-0.15, -0.1) is 0 Å². The van der Waals surface area contributed by atoms with Crippen molar-refractivity contribution in [1.82, 2.24) is 10.2 Å². The molecule has 0 saturated carbocycles.